The molecule has 0 aliphatic heterocycles. The van der Waals surface area contributed by atoms with Crippen molar-refractivity contribution in [1.29, 1.82) is 0 Å². The van der Waals surface area contributed by atoms with Crippen LogP contribution in [0.1, 0.15) is 20.8 Å². The molecule has 7 heteroatoms. The number of anilines is 2. The van der Waals surface area contributed by atoms with Crippen LogP contribution in [-0.2, 0) is 9.53 Å². The van der Waals surface area contributed by atoms with Gasteiger partial charge < -0.3 is 20.0 Å². The topological polar surface area (TPSA) is 101 Å². The zero-order valence-corrected chi connectivity index (χ0v) is 14.3. The summed E-state index contributed by atoms with van der Waals surface area (Å²) in [7, 11) is 1.00. The maximum Gasteiger partial charge on any atom is 0.413 e. The second kappa shape index (κ2) is 8.83. The number of hydrogen-bond donors (Lipinski definition) is 3. The average Bonchev–Trinajstić information content (AvgIpc) is 2.53. The van der Waals surface area contributed by atoms with Gasteiger partial charge in [-0.15, -0.1) is 0 Å². The first-order chi connectivity index (χ1) is 11.4. The number of aromatic nitrogens is 1. The Morgan fingerprint density at radius 3 is 2.62 bits per heavy atom. The molecule has 1 aromatic carbocycles. The number of carbonyl (C=O) groups excluding carboxylic acids is 2. The first kappa shape index (κ1) is 19.4. The largest absolute Gasteiger partial charge is 0.444 e. The van der Waals surface area contributed by atoms with Gasteiger partial charge >= 0.3 is 6.09 Å². The smallest absolute Gasteiger partial charge is 0.413 e. The molecule has 1 amide bonds. The molecule has 7 nitrogen and oxygen atoms in total. The molecule has 1 heterocycles. The fraction of sp³-hybridized carbons (Fsp3) is 0.353. The lowest BCUT2D eigenvalue weighted by Crippen LogP contribution is -2.27. The molecule has 0 saturated heterocycles. The molecule has 0 radical (unpaired) electrons. The van der Waals surface area contributed by atoms with Gasteiger partial charge in [0.05, 0.1) is 6.54 Å². The van der Waals surface area contributed by atoms with E-state index in [1.165, 1.54) is 0 Å². The fourth-order valence-electron chi connectivity index (χ4n) is 1.94. The molecule has 0 aliphatic rings. The minimum atomic E-state index is -0.578. The summed E-state index contributed by atoms with van der Waals surface area (Å²) in [6.07, 6.45) is 1.85. The highest BCUT2D eigenvalue weighted by molar-refractivity contribution is 5.99. The van der Waals surface area contributed by atoms with Gasteiger partial charge in [-0.3, -0.25) is 5.32 Å². The van der Waals surface area contributed by atoms with Crippen LogP contribution in [0.3, 0.4) is 0 Å². The number of aliphatic hydroxyl groups is 1. The van der Waals surface area contributed by atoms with Crippen LogP contribution in [0.5, 0.6) is 0 Å². The number of amides is 1. The Morgan fingerprint density at radius 1 is 1.29 bits per heavy atom. The van der Waals surface area contributed by atoms with Gasteiger partial charge in [-0.25, -0.2) is 9.78 Å². The predicted octanol–water partition coefficient (Wildman–Crippen LogP) is 2.80. The van der Waals surface area contributed by atoms with E-state index < -0.39 is 11.7 Å². The zero-order chi connectivity index (χ0) is 18.2. The maximum atomic E-state index is 11.9. The molecule has 0 spiro atoms. The lowest BCUT2D eigenvalue weighted by molar-refractivity contribution is -0.106. The van der Waals surface area contributed by atoms with Crippen LogP contribution < -0.4 is 10.6 Å². The summed E-state index contributed by atoms with van der Waals surface area (Å²) < 4.78 is 5.23. The summed E-state index contributed by atoms with van der Waals surface area (Å²) in [6.45, 7) is 5.61. The Morgan fingerprint density at radius 2 is 2.00 bits per heavy atom. The number of pyridine rings is 1. The summed E-state index contributed by atoms with van der Waals surface area (Å²) in [5, 5.41) is 14.3. The van der Waals surface area contributed by atoms with E-state index in [0.717, 1.165) is 29.9 Å². The third kappa shape index (κ3) is 5.85. The standard InChI is InChI=1S/C16H19N3O3.CH4O/c1-16(2,3)22-15(21)19-14-13-10-12(17-8-9-20)5-4-11(13)6-7-18-14;1-2/h4-7,9-10,17H,8H2,1-3H3,(H,18,19,21);2H,1H3. The van der Waals surface area contributed by atoms with Gasteiger partial charge in [-0.05, 0) is 44.4 Å². The summed E-state index contributed by atoms with van der Waals surface area (Å²) in [4.78, 5) is 26.5. The highest BCUT2D eigenvalue weighted by Gasteiger charge is 2.17. The van der Waals surface area contributed by atoms with Crippen molar-refractivity contribution in [2.24, 2.45) is 0 Å². The minimum Gasteiger partial charge on any atom is -0.444 e. The van der Waals surface area contributed by atoms with E-state index in [4.69, 9.17) is 9.84 Å². The number of ether oxygens (including phenoxy) is 1. The molecule has 0 unspecified atom stereocenters. The minimum absolute atomic E-state index is 0.223. The van der Waals surface area contributed by atoms with E-state index >= 15 is 0 Å². The summed E-state index contributed by atoms with van der Waals surface area (Å²) in [5.41, 5.74) is 0.200. The molecular formula is C17H23N3O4. The number of aldehydes is 1. The van der Waals surface area contributed by atoms with Crippen LogP contribution in [0.15, 0.2) is 30.5 Å². The number of nitrogens with one attached hydrogen (secondary N) is 2. The normalized spacial score (nSPS) is 10.4. The van der Waals surface area contributed by atoms with Crippen molar-refractivity contribution in [3.05, 3.63) is 30.5 Å². The van der Waals surface area contributed by atoms with Crippen LogP contribution in [0.4, 0.5) is 16.3 Å². The van der Waals surface area contributed by atoms with Crippen LogP contribution in [0.2, 0.25) is 0 Å². The summed E-state index contributed by atoms with van der Waals surface area (Å²) in [5.74, 6) is 0.418. The van der Waals surface area contributed by atoms with E-state index in [-0.39, 0.29) is 6.54 Å². The Balaban J connectivity index is 0.00000139. The van der Waals surface area contributed by atoms with Crippen molar-refractivity contribution in [3.63, 3.8) is 0 Å². The van der Waals surface area contributed by atoms with Gasteiger partial charge in [0.15, 0.2) is 0 Å². The van der Waals surface area contributed by atoms with E-state index in [2.05, 4.69) is 15.6 Å². The summed E-state index contributed by atoms with van der Waals surface area (Å²) in [6, 6.07) is 7.44. The highest BCUT2D eigenvalue weighted by Crippen LogP contribution is 2.25. The van der Waals surface area contributed by atoms with Gasteiger partial charge in [-0.2, -0.15) is 0 Å². The molecule has 0 fully saturated rings. The number of fused-ring (bicyclic) bond motifs is 1. The number of hydrogen-bond acceptors (Lipinski definition) is 6. The van der Waals surface area contributed by atoms with Crippen molar-refractivity contribution in [1.82, 2.24) is 4.98 Å². The number of rotatable bonds is 4. The average molecular weight is 333 g/mol. The number of carbonyl (C=O) groups is 2. The number of nitrogens with zero attached hydrogens (tertiary/aromatic N) is 1. The molecule has 2 rings (SSSR count). The van der Waals surface area contributed by atoms with E-state index in [1.54, 1.807) is 27.0 Å². The van der Waals surface area contributed by atoms with E-state index in [0.29, 0.717) is 5.82 Å². The Hall–Kier alpha value is -2.67. The van der Waals surface area contributed by atoms with Gasteiger partial charge in [0.25, 0.3) is 0 Å². The number of benzene rings is 1. The molecule has 0 saturated carbocycles. The third-order valence-corrected chi connectivity index (χ3v) is 2.78. The second-order valence-corrected chi connectivity index (χ2v) is 5.77. The summed E-state index contributed by atoms with van der Waals surface area (Å²) >= 11 is 0. The maximum absolute atomic E-state index is 11.9. The van der Waals surface area contributed by atoms with Crippen molar-refractivity contribution >= 4 is 34.7 Å². The van der Waals surface area contributed by atoms with Crippen LogP contribution in [-0.4, -0.2) is 41.7 Å². The second-order valence-electron chi connectivity index (χ2n) is 5.77. The fourth-order valence-corrected chi connectivity index (χ4v) is 1.94. The van der Waals surface area contributed by atoms with Crippen molar-refractivity contribution in [2.75, 3.05) is 24.3 Å². The van der Waals surface area contributed by atoms with E-state index in [1.807, 2.05) is 24.3 Å². The molecule has 130 valence electrons. The quantitative estimate of drug-likeness (QED) is 0.744. The Bertz CT molecular complexity index is 696. The highest BCUT2D eigenvalue weighted by atomic mass is 16.6. The van der Waals surface area contributed by atoms with Gasteiger partial charge in [0, 0.05) is 24.4 Å². The lowest BCUT2D eigenvalue weighted by Gasteiger charge is -2.19. The van der Waals surface area contributed by atoms with Crippen LogP contribution >= 0.6 is 0 Å². The molecule has 3 N–H and O–H groups in total. The van der Waals surface area contributed by atoms with Crippen LogP contribution in [0.25, 0.3) is 10.8 Å². The molecule has 0 aliphatic carbocycles. The molecule has 2 aromatic rings. The molecule has 1 aromatic heterocycles. The van der Waals surface area contributed by atoms with Crippen molar-refractivity contribution in [3.8, 4) is 0 Å². The van der Waals surface area contributed by atoms with E-state index in [9.17, 15) is 9.59 Å². The van der Waals surface area contributed by atoms with Crippen LogP contribution in [0, 0.1) is 0 Å². The molecular weight excluding hydrogens is 310 g/mol. The monoisotopic (exact) mass is 333 g/mol. The van der Waals surface area contributed by atoms with Gasteiger partial charge in [0.2, 0.25) is 0 Å². The third-order valence-electron chi connectivity index (χ3n) is 2.78. The van der Waals surface area contributed by atoms with Gasteiger partial charge in [0.1, 0.15) is 17.7 Å². The molecule has 0 atom stereocenters. The first-order valence-electron chi connectivity index (χ1n) is 7.40. The lowest BCUT2D eigenvalue weighted by atomic mass is 10.1. The predicted molar refractivity (Wildman–Crippen MR) is 94.3 cm³/mol. The Kier molecular flexibility index (Phi) is 7.13. The zero-order valence-electron chi connectivity index (χ0n) is 14.3. The molecule has 24 heavy (non-hydrogen) atoms. The molecule has 0 bridgehead atoms. The number of aliphatic hydroxyl groups excluding tert-OH is 1. The van der Waals surface area contributed by atoms with Crippen molar-refractivity contribution in [2.45, 2.75) is 26.4 Å². The van der Waals surface area contributed by atoms with Crippen molar-refractivity contribution < 1.29 is 19.4 Å². The van der Waals surface area contributed by atoms with Gasteiger partial charge in [-0.1, -0.05) is 6.07 Å². The first-order valence-corrected chi connectivity index (χ1v) is 7.40. The SMILES string of the molecule is CC(C)(C)OC(=O)Nc1nccc2ccc(NCC=O)cc12.CO. The Labute approximate surface area is 141 Å².